The molecule has 0 unspecified atom stereocenters. The van der Waals surface area contributed by atoms with Gasteiger partial charge in [0.25, 0.3) is 0 Å². The Hall–Kier alpha value is -0.810. The first-order valence-corrected chi connectivity index (χ1v) is 7.66. The molecule has 0 aromatic heterocycles. The van der Waals surface area contributed by atoms with Crippen molar-refractivity contribution < 1.29 is 14.6 Å². The number of carbonyl (C=O) groups is 1. The van der Waals surface area contributed by atoms with E-state index in [9.17, 15) is 9.90 Å². The Labute approximate surface area is 122 Å². The van der Waals surface area contributed by atoms with Gasteiger partial charge in [0.05, 0.1) is 6.10 Å². The number of aliphatic hydroxyl groups excluding tert-OH is 1. The highest BCUT2D eigenvalue weighted by Crippen LogP contribution is 2.12. The number of aliphatic hydroxyl groups is 1. The van der Waals surface area contributed by atoms with Crippen LogP contribution in [0, 0.1) is 0 Å². The third kappa shape index (κ3) is 7.10. The summed E-state index contributed by atoms with van der Waals surface area (Å²) in [6, 6.07) is 0. The van der Waals surface area contributed by atoms with Crippen LogP contribution in [-0.4, -0.2) is 65.4 Å². The average molecular weight is 286 g/mol. The minimum Gasteiger partial charge on any atom is -0.444 e. The van der Waals surface area contributed by atoms with E-state index in [1.165, 1.54) is 0 Å². The molecule has 5 heteroatoms. The van der Waals surface area contributed by atoms with Gasteiger partial charge in [-0.05, 0) is 53.5 Å². The van der Waals surface area contributed by atoms with Gasteiger partial charge in [-0.25, -0.2) is 4.79 Å². The summed E-state index contributed by atoms with van der Waals surface area (Å²) >= 11 is 0. The molecule has 0 aromatic carbocycles. The van der Waals surface area contributed by atoms with E-state index in [-0.39, 0.29) is 12.2 Å². The van der Waals surface area contributed by atoms with Gasteiger partial charge in [0, 0.05) is 26.2 Å². The van der Waals surface area contributed by atoms with Crippen LogP contribution in [0.25, 0.3) is 0 Å². The fourth-order valence-electron chi connectivity index (χ4n) is 2.26. The lowest BCUT2D eigenvalue weighted by molar-refractivity contribution is 0.0143. The molecule has 0 radical (unpaired) electrons. The molecule has 1 aliphatic heterocycles. The topological polar surface area (TPSA) is 53.0 Å². The monoisotopic (exact) mass is 286 g/mol. The second-order valence-corrected chi connectivity index (χ2v) is 6.65. The number of hydrogen-bond acceptors (Lipinski definition) is 4. The Morgan fingerprint density at radius 2 is 1.80 bits per heavy atom. The quantitative estimate of drug-likeness (QED) is 0.786. The molecule has 1 amide bonds. The van der Waals surface area contributed by atoms with Crippen molar-refractivity contribution in [1.82, 2.24) is 9.80 Å². The van der Waals surface area contributed by atoms with Gasteiger partial charge in [0.15, 0.2) is 0 Å². The Kier molecular flexibility index (Phi) is 6.76. The highest BCUT2D eigenvalue weighted by Gasteiger charge is 2.25. The number of amides is 1. The Balaban J connectivity index is 2.18. The summed E-state index contributed by atoms with van der Waals surface area (Å²) < 4.78 is 5.38. The molecule has 5 nitrogen and oxygen atoms in total. The lowest BCUT2D eigenvalue weighted by Gasteiger charge is -2.35. The van der Waals surface area contributed by atoms with Gasteiger partial charge in [-0.15, -0.1) is 0 Å². The van der Waals surface area contributed by atoms with E-state index >= 15 is 0 Å². The summed E-state index contributed by atoms with van der Waals surface area (Å²) in [6.07, 6.45) is 2.64. The highest BCUT2D eigenvalue weighted by molar-refractivity contribution is 5.68. The van der Waals surface area contributed by atoms with Crippen molar-refractivity contribution in [2.75, 3.05) is 32.7 Å². The molecular formula is C15H30N2O3. The molecule has 0 aromatic rings. The molecule has 1 heterocycles. The number of unbranched alkanes of at least 4 members (excludes halogenated alkanes) is 1. The highest BCUT2D eigenvalue weighted by atomic mass is 16.6. The van der Waals surface area contributed by atoms with Crippen molar-refractivity contribution in [2.24, 2.45) is 0 Å². The van der Waals surface area contributed by atoms with Gasteiger partial charge in [-0.3, -0.25) is 4.90 Å². The van der Waals surface area contributed by atoms with Gasteiger partial charge in [0.2, 0.25) is 0 Å². The van der Waals surface area contributed by atoms with Crippen molar-refractivity contribution in [2.45, 2.75) is 58.7 Å². The maximum absolute atomic E-state index is 11.9. The summed E-state index contributed by atoms with van der Waals surface area (Å²) in [4.78, 5) is 16.1. The van der Waals surface area contributed by atoms with Crippen molar-refractivity contribution in [1.29, 1.82) is 0 Å². The Morgan fingerprint density at radius 1 is 1.20 bits per heavy atom. The molecular weight excluding hydrogens is 256 g/mol. The molecule has 0 saturated carbocycles. The molecule has 1 saturated heterocycles. The zero-order chi connectivity index (χ0) is 15.2. The third-order valence-electron chi connectivity index (χ3n) is 3.37. The molecule has 1 N–H and O–H groups in total. The maximum atomic E-state index is 11.9. The largest absolute Gasteiger partial charge is 0.444 e. The predicted octanol–water partition coefficient (Wildman–Crippen LogP) is 2.09. The lowest BCUT2D eigenvalue weighted by Crippen LogP contribution is -2.50. The van der Waals surface area contributed by atoms with Crippen molar-refractivity contribution in [3.05, 3.63) is 0 Å². The zero-order valence-electron chi connectivity index (χ0n) is 13.4. The molecule has 0 aliphatic carbocycles. The Morgan fingerprint density at radius 3 is 2.30 bits per heavy atom. The second kappa shape index (κ2) is 7.84. The van der Waals surface area contributed by atoms with E-state index in [1.807, 2.05) is 27.7 Å². The minimum absolute atomic E-state index is 0.195. The van der Waals surface area contributed by atoms with Crippen LogP contribution in [0.2, 0.25) is 0 Å². The van der Waals surface area contributed by atoms with E-state index in [1.54, 1.807) is 4.90 Å². The number of piperazine rings is 1. The number of carbonyl (C=O) groups excluding carboxylic acids is 1. The second-order valence-electron chi connectivity index (χ2n) is 6.65. The smallest absolute Gasteiger partial charge is 0.410 e. The van der Waals surface area contributed by atoms with Crippen LogP contribution in [0.5, 0.6) is 0 Å². The fraction of sp³-hybridized carbons (Fsp3) is 0.933. The Bertz CT molecular complexity index is 292. The SMILES string of the molecule is C[C@H](O)CCCCN1CCN(C(=O)OC(C)(C)C)CC1. The average Bonchev–Trinajstić information content (AvgIpc) is 2.33. The van der Waals surface area contributed by atoms with E-state index < -0.39 is 5.60 Å². The van der Waals surface area contributed by atoms with Crippen molar-refractivity contribution in [3.63, 3.8) is 0 Å². The minimum atomic E-state index is -0.421. The van der Waals surface area contributed by atoms with Crippen LogP contribution >= 0.6 is 0 Å². The van der Waals surface area contributed by atoms with Crippen LogP contribution in [0.3, 0.4) is 0 Å². The molecule has 0 spiro atoms. The summed E-state index contributed by atoms with van der Waals surface area (Å²) in [5, 5.41) is 9.21. The maximum Gasteiger partial charge on any atom is 0.410 e. The van der Waals surface area contributed by atoms with Crippen LogP contribution in [0.15, 0.2) is 0 Å². The van der Waals surface area contributed by atoms with Gasteiger partial charge < -0.3 is 14.7 Å². The standard InChI is InChI=1S/C15H30N2O3/c1-13(18)7-5-6-8-16-9-11-17(12-10-16)14(19)20-15(2,3)4/h13,18H,5-12H2,1-4H3/t13-/m0/s1. The number of hydrogen-bond donors (Lipinski definition) is 1. The first kappa shape index (κ1) is 17.2. The first-order valence-electron chi connectivity index (χ1n) is 7.66. The first-order chi connectivity index (χ1) is 9.28. The molecule has 118 valence electrons. The van der Waals surface area contributed by atoms with Crippen LogP contribution < -0.4 is 0 Å². The van der Waals surface area contributed by atoms with Crippen LogP contribution in [0.4, 0.5) is 4.79 Å². The molecule has 1 aliphatic rings. The van der Waals surface area contributed by atoms with E-state index in [4.69, 9.17) is 4.74 Å². The third-order valence-corrected chi connectivity index (χ3v) is 3.37. The molecule has 1 fully saturated rings. The van der Waals surface area contributed by atoms with E-state index in [0.717, 1.165) is 52.0 Å². The van der Waals surface area contributed by atoms with Crippen LogP contribution in [-0.2, 0) is 4.74 Å². The summed E-state index contributed by atoms with van der Waals surface area (Å²) in [6.45, 7) is 11.9. The molecule has 0 bridgehead atoms. The fourth-order valence-corrected chi connectivity index (χ4v) is 2.26. The van der Waals surface area contributed by atoms with E-state index in [2.05, 4.69) is 4.90 Å². The van der Waals surface area contributed by atoms with Crippen LogP contribution in [0.1, 0.15) is 47.0 Å². The van der Waals surface area contributed by atoms with E-state index in [0.29, 0.717) is 0 Å². The zero-order valence-corrected chi connectivity index (χ0v) is 13.4. The summed E-state index contributed by atoms with van der Waals surface area (Å²) in [7, 11) is 0. The molecule has 1 atom stereocenters. The predicted molar refractivity (Wildman–Crippen MR) is 79.8 cm³/mol. The van der Waals surface area contributed by atoms with Gasteiger partial charge >= 0.3 is 6.09 Å². The normalized spacial score (nSPS) is 18.9. The lowest BCUT2D eigenvalue weighted by atomic mass is 10.1. The summed E-state index contributed by atoms with van der Waals surface area (Å²) in [5.74, 6) is 0. The van der Waals surface area contributed by atoms with Gasteiger partial charge in [0.1, 0.15) is 5.60 Å². The molecule has 20 heavy (non-hydrogen) atoms. The van der Waals surface area contributed by atoms with Gasteiger partial charge in [-0.2, -0.15) is 0 Å². The summed E-state index contributed by atoms with van der Waals surface area (Å²) in [5.41, 5.74) is -0.421. The van der Waals surface area contributed by atoms with Gasteiger partial charge in [-0.1, -0.05) is 0 Å². The number of rotatable bonds is 5. The van der Waals surface area contributed by atoms with Crippen molar-refractivity contribution >= 4 is 6.09 Å². The van der Waals surface area contributed by atoms with Crippen molar-refractivity contribution in [3.8, 4) is 0 Å². The number of nitrogens with zero attached hydrogens (tertiary/aromatic N) is 2. The molecule has 1 rings (SSSR count). The number of ether oxygens (including phenoxy) is 1.